The summed E-state index contributed by atoms with van der Waals surface area (Å²) in [6.45, 7) is 1.67. The van der Waals surface area contributed by atoms with Crippen molar-refractivity contribution in [1.82, 2.24) is 4.90 Å². The van der Waals surface area contributed by atoms with Crippen molar-refractivity contribution >= 4 is 11.9 Å². The van der Waals surface area contributed by atoms with E-state index in [0.29, 0.717) is 19.6 Å². The third kappa shape index (κ3) is 3.46. The minimum atomic E-state index is -0.955. The van der Waals surface area contributed by atoms with Gasteiger partial charge in [-0.3, -0.25) is 9.69 Å². The molecule has 0 amide bonds. The molecular weight excluding hydrogens is 306 g/mol. The number of hydrogen-bond acceptors (Lipinski definition) is 3. The quantitative estimate of drug-likeness (QED) is 0.884. The fraction of sp³-hybridized carbons (Fsp3) is 0.263. The molecule has 0 unspecified atom stereocenters. The molecule has 0 bridgehead atoms. The number of carboxylic acid groups (broad SMARTS) is 2. The zero-order valence-corrected chi connectivity index (χ0v) is 13.1. The predicted molar refractivity (Wildman–Crippen MR) is 89.0 cm³/mol. The molecule has 1 heterocycles. The normalized spacial score (nSPS) is 20.8. The number of rotatable bonds is 5. The first-order valence-electron chi connectivity index (χ1n) is 7.87. The molecule has 5 nitrogen and oxygen atoms in total. The lowest BCUT2D eigenvalue weighted by molar-refractivity contribution is -0.141. The first-order valence-corrected chi connectivity index (χ1v) is 7.87. The molecule has 5 heteroatoms. The molecule has 3 rings (SSSR count). The van der Waals surface area contributed by atoms with Gasteiger partial charge in [-0.15, -0.1) is 0 Å². The summed E-state index contributed by atoms with van der Waals surface area (Å²) in [5.74, 6) is -2.24. The molecule has 1 aliphatic heterocycles. The van der Waals surface area contributed by atoms with Crippen molar-refractivity contribution in [2.24, 2.45) is 5.92 Å². The summed E-state index contributed by atoms with van der Waals surface area (Å²) in [4.78, 5) is 24.8. The number of aliphatic carboxylic acids is 1. The second-order valence-corrected chi connectivity index (χ2v) is 6.16. The van der Waals surface area contributed by atoms with Gasteiger partial charge in [-0.1, -0.05) is 42.5 Å². The van der Waals surface area contributed by atoms with E-state index < -0.39 is 17.9 Å². The molecule has 124 valence electrons. The third-order valence-corrected chi connectivity index (χ3v) is 4.52. The Labute approximate surface area is 140 Å². The maximum absolute atomic E-state index is 11.6. The van der Waals surface area contributed by atoms with Gasteiger partial charge in [0.2, 0.25) is 0 Å². The van der Waals surface area contributed by atoms with E-state index >= 15 is 0 Å². The second-order valence-electron chi connectivity index (χ2n) is 6.16. The molecule has 0 saturated carbocycles. The van der Waals surface area contributed by atoms with Gasteiger partial charge in [-0.2, -0.15) is 0 Å². The van der Waals surface area contributed by atoms with Gasteiger partial charge in [0, 0.05) is 25.6 Å². The van der Waals surface area contributed by atoms with Crippen LogP contribution in [0.2, 0.25) is 0 Å². The summed E-state index contributed by atoms with van der Waals surface area (Å²) >= 11 is 0. The lowest BCUT2D eigenvalue weighted by Gasteiger charge is -2.16. The number of benzene rings is 2. The van der Waals surface area contributed by atoms with E-state index in [9.17, 15) is 14.7 Å². The third-order valence-electron chi connectivity index (χ3n) is 4.52. The zero-order chi connectivity index (χ0) is 17.1. The Morgan fingerprint density at radius 3 is 2.42 bits per heavy atom. The summed E-state index contributed by atoms with van der Waals surface area (Å²) in [7, 11) is 0. The largest absolute Gasteiger partial charge is 0.481 e. The van der Waals surface area contributed by atoms with Crippen LogP contribution in [0.5, 0.6) is 0 Å². The number of aromatic carboxylic acids is 1. The standard InChI is InChI=1S/C19H19NO4/c21-18(22)15-8-4-5-13(9-15)10-20-11-16(17(12-20)19(23)24)14-6-2-1-3-7-14/h1-9,16-17H,10-12H2,(H,21,22)(H,23,24)/t16-,17+/m0/s1. The van der Waals surface area contributed by atoms with Crippen LogP contribution in [0.1, 0.15) is 27.4 Å². The Morgan fingerprint density at radius 1 is 1.00 bits per heavy atom. The number of hydrogen-bond donors (Lipinski definition) is 2. The highest BCUT2D eigenvalue weighted by molar-refractivity contribution is 5.87. The lowest BCUT2D eigenvalue weighted by atomic mass is 9.89. The van der Waals surface area contributed by atoms with Crippen LogP contribution in [-0.4, -0.2) is 40.1 Å². The van der Waals surface area contributed by atoms with E-state index in [1.807, 2.05) is 36.4 Å². The molecule has 0 aromatic heterocycles. The first kappa shape index (κ1) is 16.2. The van der Waals surface area contributed by atoms with Crippen molar-refractivity contribution < 1.29 is 19.8 Å². The van der Waals surface area contributed by atoms with E-state index in [-0.39, 0.29) is 11.5 Å². The Bertz CT molecular complexity index is 744. The van der Waals surface area contributed by atoms with Crippen molar-refractivity contribution in [3.8, 4) is 0 Å². The highest BCUT2D eigenvalue weighted by Crippen LogP contribution is 2.33. The fourth-order valence-electron chi connectivity index (χ4n) is 3.36. The van der Waals surface area contributed by atoms with Gasteiger partial charge in [-0.25, -0.2) is 4.79 Å². The Kier molecular flexibility index (Phi) is 4.62. The van der Waals surface area contributed by atoms with Crippen molar-refractivity contribution in [2.75, 3.05) is 13.1 Å². The number of nitrogens with zero attached hydrogens (tertiary/aromatic N) is 1. The summed E-state index contributed by atoms with van der Waals surface area (Å²) in [6.07, 6.45) is 0. The van der Waals surface area contributed by atoms with Crippen LogP contribution in [-0.2, 0) is 11.3 Å². The Balaban J connectivity index is 1.77. The van der Waals surface area contributed by atoms with Crippen molar-refractivity contribution in [3.05, 3.63) is 71.3 Å². The molecule has 0 spiro atoms. The monoisotopic (exact) mass is 325 g/mol. The summed E-state index contributed by atoms with van der Waals surface area (Å²) in [5, 5.41) is 18.6. The van der Waals surface area contributed by atoms with Gasteiger partial charge in [0.15, 0.2) is 0 Å². The molecule has 2 atom stereocenters. The number of carbonyl (C=O) groups is 2. The van der Waals surface area contributed by atoms with E-state index in [1.165, 1.54) is 0 Å². The van der Waals surface area contributed by atoms with Gasteiger partial charge >= 0.3 is 11.9 Å². The summed E-state index contributed by atoms with van der Waals surface area (Å²) in [5.41, 5.74) is 2.17. The average molecular weight is 325 g/mol. The minimum absolute atomic E-state index is 0.0497. The SMILES string of the molecule is O=C(O)c1cccc(CN2C[C@@H](C(=O)O)[C@H](c3ccccc3)C2)c1. The van der Waals surface area contributed by atoms with Crippen LogP contribution in [0.25, 0.3) is 0 Å². The number of likely N-dealkylation sites (tertiary alicyclic amines) is 1. The van der Waals surface area contributed by atoms with Crippen LogP contribution < -0.4 is 0 Å². The van der Waals surface area contributed by atoms with Crippen molar-refractivity contribution in [3.63, 3.8) is 0 Å². The second kappa shape index (κ2) is 6.84. The van der Waals surface area contributed by atoms with Crippen LogP contribution >= 0.6 is 0 Å². The molecule has 2 aromatic carbocycles. The van der Waals surface area contributed by atoms with Gasteiger partial charge in [0.05, 0.1) is 11.5 Å². The fourth-order valence-corrected chi connectivity index (χ4v) is 3.36. The highest BCUT2D eigenvalue weighted by Gasteiger charge is 2.38. The smallest absolute Gasteiger partial charge is 0.335 e. The summed E-state index contributed by atoms with van der Waals surface area (Å²) in [6, 6.07) is 16.5. The minimum Gasteiger partial charge on any atom is -0.481 e. The Morgan fingerprint density at radius 2 is 1.75 bits per heavy atom. The van der Waals surface area contributed by atoms with Crippen LogP contribution in [0, 0.1) is 5.92 Å². The molecule has 1 aliphatic rings. The van der Waals surface area contributed by atoms with Gasteiger partial charge in [0.1, 0.15) is 0 Å². The van der Waals surface area contributed by atoms with E-state index in [1.54, 1.807) is 18.2 Å². The van der Waals surface area contributed by atoms with E-state index in [4.69, 9.17) is 5.11 Å². The van der Waals surface area contributed by atoms with Gasteiger partial charge < -0.3 is 10.2 Å². The van der Waals surface area contributed by atoms with Gasteiger partial charge in [0.25, 0.3) is 0 Å². The van der Waals surface area contributed by atoms with Crippen LogP contribution in [0.3, 0.4) is 0 Å². The van der Waals surface area contributed by atoms with E-state index in [0.717, 1.165) is 11.1 Å². The number of carboxylic acids is 2. The Hall–Kier alpha value is -2.66. The molecule has 1 fully saturated rings. The maximum atomic E-state index is 11.6. The van der Waals surface area contributed by atoms with Crippen LogP contribution in [0.15, 0.2) is 54.6 Å². The molecule has 0 aliphatic carbocycles. The summed E-state index contributed by atoms with van der Waals surface area (Å²) < 4.78 is 0. The highest BCUT2D eigenvalue weighted by atomic mass is 16.4. The topological polar surface area (TPSA) is 77.8 Å². The first-order chi connectivity index (χ1) is 11.5. The molecular formula is C19H19NO4. The average Bonchev–Trinajstić information content (AvgIpc) is 3.00. The molecule has 2 aromatic rings. The maximum Gasteiger partial charge on any atom is 0.335 e. The van der Waals surface area contributed by atoms with Crippen molar-refractivity contribution in [1.29, 1.82) is 0 Å². The van der Waals surface area contributed by atoms with Crippen molar-refractivity contribution in [2.45, 2.75) is 12.5 Å². The van der Waals surface area contributed by atoms with Gasteiger partial charge in [-0.05, 0) is 23.3 Å². The van der Waals surface area contributed by atoms with Crippen LogP contribution in [0.4, 0.5) is 0 Å². The van der Waals surface area contributed by atoms with E-state index in [2.05, 4.69) is 4.90 Å². The lowest BCUT2D eigenvalue weighted by Crippen LogP contribution is -2.23. The molecule has 0 radical (unpaired) electrons. The molecule has 1 saturated heterocycles. The molecule has 2 N–H and O–H groups in total. The zero-order valence-electron chi connectivity index (χ0n) is 13.1. The molecule has 24 heavy (non-hydrogen) atoms. The predicted octanol–water partition coefficient (Wildman–Crippen LogP) is 2.69.